The van der Waals surface area contributed by atoms with Crippen molar-refractivity contribution >= 4 is 17.6 Å². The number of aliphatic carboxylic acids is 1. The molecule has 1 heterocycles. The highest BCUT2D eigenvalue weighted by molar-refractivity contribution is 5.96. The number of para-hydroxylation sites is 2. The van der Waals surface area contributed by atoms with Crippen molar-refractivity contribution in [1.29, 1.82) is 0 Å². The van der Waals surface area contributed by atoms with Crippen LogP contribution in [-0.2, 0) is 14.3 Å². The molecule has 1 unspecified atom stereocenters. The quantitative estimate of drug-likeness (QED) is 0.847. The van der Waals surface area contributed by atoms with Crippen molar-refractivity contribution in [3.8, 4) is 5.75 Å². The molecule has 102 valence electrons. The average molecular weight is 265 g/mol. The number of benzene rings is 1. The number of nitrogens with zero attached hydrogens (tertiary/aromatic N) is 1. The van der Waals surface area contributed by atoms with Gasteiger partial charge in [0, 0.05) is 6.42 Å². The fourth-order valence-corrected chi connectivity index (χ4v) is 2.13. The number of carbonyl (C=O) groups is 2. The molecule has 1 fully saturated rings. The van der Waals surface area contributed by atoms with E-state index in [0.717, 1.165) is 0 Å². The number of hydrogen-bond acceptors (Lipinski definition) is 4. The van der Waals surface area contributed by atoms with Gasteiger partial charge in [-0.1, -0.05) is 12.1 Å². The zero-order chi connectivity index (χ0) is 13.8. The second-order valence-electron chi connectivity index (χ2n) is 4.35. The van der Waals surface area contributed by atoms with Crippen molar-refractivity contribution in [3.05, 3.63) is 24.3 Å². The van der Waals surface area contributed by atoms with E-state index < -0.39 is 5.97 Å². The number of hydrogen-bond donors (Lipinski definition) is 2. The Balaban J connectivity index is 2.23. The van der Waals surface area contributed by atoms with Gasteiger partial charge in [0.15, 0.2) is 0 Å². The van der Waals surface area contributed by atoms with Crippen molar-refractivity contribution in [2.45, 2.75) is 18.9 Å². The van der Waals surface area contributed by atoms with Crippen molar-refractivity contribution in [2.75, 3.05) is 18.1 Å². The van der Waals surface area contributed by atoms with Crippen molar-refractivity contribution < 1.29 is 24.5 Å². The third-order valence-electron chi connectivity index (χ3n) is 3.00. The minimum atomic E-state index is -0.921. The van der Waals surface area contributed by atoms with Gasteiger partial charge in [0.2, 0.25) is 0 Å². The molecule has 2 rings (SSSR count). The van der Waals surface area contributed by atoms with Crippen LogP contribution in [0.2, 0.25) is 0 Å². The highest BCUT2D eigenvalue weighted by Crippen LogP contribution is 2.30. The molecule has 2 N–H and O–H groups in total. The first-order chi connectivity index (χ1) is 9.09. The lowest BCUT2D eigenvalue weighted by atomic mass is 10.1. The minimum Gasteiger partial charge on any atom is -0.506 e. The molecule has 0 radical (unpaired) electrons. The van der Waals surface area contributed by atoms with Crippen molar-refractivity contribution in [3.63, 3.8) is 0 Å². The summed E-state index contributed by atoms with van der Waals surface area (Å²) in [4.78, 5) is 24.0. The highest BCUT2D eigenvalue weighted by atomic mass is 16.5. The van der Waals surface area contributed by atoms with Gasteiger partial charge in [-0.2, -0.15) is 0 Å². The average Bonchev–Trinajstić information content (AvgIpc) is 2.37. The molecular formula is C13H15NO5. The highest BCUT2D eigenvalue weighted by Gasteiger charge is 2.31. The van der Waals surface area contributed by atoms with Crippen LogP contribution < -0.4 is 4.90 Å². The fraction of sp³-hybridized carbons (Fsp3) is 0.385. The van der Waals surface area contributed by atoms with E-state index in [-0.39, 0.29) is 43.8 Å². The molecule has 1 aliphatic heterocycles. The van der Waals surface area contributed by atoms with Crippen LogP contribution in [0.4, 0.5) is 5.69 Å². The van der Waals surface area contributed by atoms with E-state index in [9.17, 15) is 14.7 Å². The summed E-state index contributed by atoms with van der Waals surface area (Å²) in [6.07, 6.45) is 0.237. The summed E-state index contributed by atoms with van der Waals surface area (Å²) >= 11 is 0. The van der Waals surface area contributed by atoms with Crippen LogP contribution in [0.15, 0.2) is 24.3 Å². The van der Waals surface area contributed by atoms with E-state index in [2.05, 4.69) is 0 Å². The Hall–Kier alpha value is -2.08. The lowest BCUT2D eigenvalue weighted by Crippen LogP contribution is -2.49. The van der Waals surface area contributed by atoms with Gasteiger partial charge in [0.05, 0.1) is 18.3 Å². The summed E-state index contributed by atoms with van der Waals surface area (Å²) in [5.41, 5.74) is 0.395. The summed E-state index contributed by atoms with van der Waals surface area (Å²) in [5, 5.41) is 18.6. The lowest BCUT2D eigenvalue weighted by Gasteiger charge is -2.35. The Kier molecular flexibility index (Phi) is 4.01. The molecule has 0 aliphatic carbocycles. The number of amides is 1. The fourth-order valence-electron chi connectivity index (χ4n) is 2.13. The van der Waals surface area contributed by atoms with Crippen LogP contribution in [0.3, 0.4) is 0 Å². The number of anilines is 1. The van der Waals surface area contributed by atoms with Crippen LogP contribution >= 0.6 is 0 Å². The van der Waals surface area contributed by atoms with Gasteiger partial charge in [-0.25, -0.2) is 0 Å². The molecule has 0 saturated carbocycles. The molecule has 1 saturated heterocycles. The molecule has 0 spiro atoms. The maximum absolute atomic E-state index is 11.9. The van der Waals surface area contributed by atoms with E-state index in [1.165, 1.54) is 11.0 Å². The van der Waals surface area contributed by atoms with Gasteiger partial charge in [-0.15, -0.1) is 0 Å². The summed E-state index contributed by atoms with van der Waals surface area (Å²) in [6.45, 7) is 0.214. The lowest BCUT2D eigenvalue weighted by molar-refractivity contribution is -0.138. The number of phenols is 1. The summed E-state index contributed by atoms with van der Waals surface area (Å²) in [6, 6.07) is 6.13. The number of carboxylic acid groups (broad SMARTS) is 1. The van der Waals surface area contributed by atoms with Gasteiger partial charge >= 0.3 is 5.97 Å². The van der Waals surface area contributed by atoms with Crippen LogP contribution in [0, 0.1) is 0 Å². The predicted octanol–water partition coefficient (Wildman–Crippen LogP) is 0.989. The number of carboxylic acids is 1. The van der Waals surface area contributed by atoms with E-state index in [0.29, 0.717) is 5.69 Å². The maximum atomic E-state index is 11.9. The minimum absolute atomic E-state index is 0.00178. The van der Waals surface area contributed by atoms with Crippen LogP contribution in [0.25, 0.3) is 0 Å². The topological polar surface area (TPSA) is 87.1 Å². The summed E-state index contributed by atoms with van der Waals surface area (Å²) < 4.78 is 5.15. The molecule has 1 aromatic rings. The molecule has 6 heteroatoms. The number of phenolic OH excluding ortho intramolecular Hbond substituents is 1. The molecule has 6 nitrogen and oxygen atoms in total. The first-order valence-corrected chi connectivity index (χ1v) is 5.99. The van der Waals surface area contributed by atoms with Gasteiger partial charge in [0.25, 0.3) is 5.91 Å². The normalized spacial score (nSPS) is 19.5. The molecule has 1 amide bonds. The van der Waals surface area contributed by atoms with Crippen LogP contribution in [0.5, 0.6) is 5.75 Å². The monoisotopic (exact) mass is 265 g/mol. The zero-order valence-corrected chi connectivity index (χ0v) is 10.3. The Morgan fingerprint density at radius 2 is 2.16 bits per heavy atom. The number of aromatic hydroxyl groups is 1. The SMILES string of the molecule is O=C(O)CCC1COCC(=O)N1c1ccccc1O. The van der Waals surface area contributed by atoms with Crippen molar-refractivity contribution in [1.82, 2.24) is 0 Å². The third-order valence-corrected chi connectivity index (χ3v) is 3.00. The van der Waals surface area contributed by atoms with E-state index in [1.807, 2.05) is 0 Å². The Morgan fingerprint density at radius 1 is 1.42 bits per heavy atom. The largest absolute Gasteiger partial charge is 0.506 e. The smallest absolute Gasteiger partial charge is 0.303 e. The first-order valence-electron chi connectivity index (χ1n) is 5.99. The molecule has 1 aliphatic rings. The van der Waals surface area contributed by atoms with E-state index in [4.69, 9.17) is 9.84 Å². The number of ether oxygens (including phenoxy) is 1. The Bertz CT molecular complexity index is 488. The van der Waals surface area contributed by atoms with Crippen LogP contribution in [-0.4, -0.2) is 41.3 Å². The summed E-state index contributed by atoms with van der Waals surface area (Å²) in [5.74, 6) is -1.20. The number of morpholine rings is 1. The van der Waals surface area contributed by atoms with Crippen LogP contribution in [0.1, 0.15) is 12.8 Å². The molecule has 1 aromatic carbocycles. The van der Waals surface area contributed by atoms with Gasteiger partial charge in [0.1, 0.15) is 12.4 Å². The number of carbonyl (C=O) groups excluding carboxylic acids is 1. The Morgan fingerprint density at radius 3 is 2.84 bits per heavy atom. The van der Waals surface area contributed by atoms with E-state index >= 15 is 0 Å². The van der Waals surface area contributed by atoms with Gasteiger partial charge in [-0.05, 0) is 18.6 Å². The molecule has 1 atom stereocenters. The molecular weight excluding hydrogens is 250 g/mol. The van der Waals surface area contributed by atoms with Gasteiger partial charge in [-0.3, -0.25) is 9.59 Å². The molecule has 0 aromatic heterocycles. The molecule has 0 bridgehead atoms. The predicted molar refractivity (Wildman–Crippen MR) is 67.1 cm³/mol. The first kappa shape index (κ1) is 13.4. The third kappa shape index (κ3) is 3.03. The second-order valence-corrected chi connectivity index (χ2v) is 4.35. The van der Waals surface area contributed by atoms with E-state index in [1.54, 1.807) is 18.2 Å². The maximum Gasteiger partial charge on any atom is 0.303 e. The number of rotatable bonds is 4. The summed E-state index contributed by atoms with van der Waals surface area (Å²) in [7, 11) is 0. The molecule has 19 heavy (non-hydrogen) atoms. The van der Waals surface area contributed by atoms with Gasteiger partial charge < -0.3 is 19.8 Å². The Labute approximate surface area is 110 Å². The standard InChI is InChI=1S/C13H15NO5/c15-11-4-2-1-3-10(11)14-9(5-6-13(17)18)7-19-8-12(14)16/h1-4,9,15H,5-8H2,(H,17,18). The zero-order valence-electron chi connectivity index (χ0n) is 10.3. The second kappa shape index (κ2) is 5.71. The van der Waals surface area contributed by atoms with Crippen molar-refractivity contribution in [2.24, 2.45) is 0 Å².